The minimum Gasteiger partial charge on any atom is -0.313 e. The van der Waals surface area contributed by atoms with Crippen LogP contribution in [0.2, 0.25) is 5.02 Å². The average Bonchev–Trinajstić information content (AvgIpc) is 3.25. The van der Waals surface area contributed by atoms with E-state index in [0.29, 0.717) is 16.9 Å². The minimum atomic E-state index is -0.235. The third-order valence-electron chi connectivity index (χ3n) is 4.10. The fourth-order valence-corrected chi connectivity index (χ4v) is 3.25. The highest BCUT2D eigenvalue weighted by Crippen LogP contribution is 2.54. The van der Waals surface area contributed by atoms with Crippen molar-refractivity contribution in [3.05, 3.63) is 70.5 Å². The van der Waals surface area contributed by atoms with Gasteiger partial charge in [-0.25, -0.2) is 4.39 Å². The molecule has 2 aromatic rings. The van der Waals surface area contributed by atoms with Gasteiger partial charge in [0.1, 0.15) is 5.82 Å². The molecule has 0 spiro atoms. The molecule has 0 aromatic heterocycles. The van der Waals surface area contributed by atoms with Gasteiger partial charge in [-0.1, -0.05) is 41.9 Å². The molecule has 0 bridgehead atoms. The highest BCUT2D eigenvalue weighted by Gasteiger charge is 2.44. The Morgan fingerprint density at radius 1 is 1.20 bits per heavy atom. The fraction of sp³-hybridized carbons (Fsp3) is 0.294. The second-order valence-electron chi connectivity index (χ2n) is 5.35. The molecule has 1 aliphatic rings. The van der Waals surface area contributed by atoms with Gasteiger partial charge in [0.05, 0.1) is 0 Å². The van der Waals surface area contributed by atoms with E-state index in [2.05, 4.69) is 29.6 Å². The van der Waals surface area contributed by atoms with Gasteiger partial charge in [0, 0.05) is 11.1 Å². The van der Waals surface area contributed by atoms with Crippen LogP contribution in [0.1, 0.15) is 29.5 Å². The quantitative estimate of drug-likeness (QED) is 0.871. The van der Waals surface area contributed by atoms with E-state index in [1.807, 2.05) is 13.1 Å². The van der Waals surface area contributed by atoms with Gasteiger partial charge in [0.25, 0.3) is 0 Å². The van der Waals surface area contributed by atoms with Crippen LogP contribution in [0.4, 0.5) is 4.39 Å². The Morgan fingerprint density at radius 2 is 1.95 bits per heavy atom. The summed E-state index contributed by atoms with van der Waals surface area (Å²) in [5.74, 6) is 0.774. The lowest BCUT2D eigenvalue weighted by Gasteiger charge is -2.18. The summed E-state index contributed by atoms with van der Waals surface area (Å²) >= 11 is 6.23. The van der Waals surface area contributed by atoms with Crippen LogP contribution in [-0.4, -0.2) is 7.05 Å². The van der Waals surface area contributed by atoms with Gasteiger partial charge in [-0.3, -0.25) is 0 Å². The van der Waals surface area contributed by atoms with Gasteiger partial charge in [0.15, 0.2) is 0 Å². The molecule has 0 aliphatic heterocycles. The van der Waals surface area contributed by atoms with Crippen LogP contribution in [0, 0.1) is 11.7 Å². The van der Waals surface area contributed by atoms with Crippen LogP contribution in [0.3, 0.4) is 0 Å². The molecule has 3 heteroatoms. The molecule has 104 valence electrons. The maximum absolute atomic E-state index is 13.5. The van der Waals surface area contributed by atoms with E-state index in [1.165, 1.54) is 11.6 Å². The Hall–Kier alpha value is -1.38. The van der Waals surface area contributed by atoms with Crippen LogP contribution in [-0.2, 0) is 0 Å². The predicted octanol–water partition coefficient (Wildman–Crippen LogP) is 4.54. The van der Waals surface area contributed by atoms with Crippen LogP contribution in [0.15, 0.2) is 48.5 Å². The molecule has 2 aromatic carbocycles. The maximum Gasteiger partial charge on any atom is 0.123 e. The summed E-state index contributed by atoms with van der Waals surface area (Å²) in [6, 6.07) is 15.2. The summed E-state index contributed by atoms with van der Waals surface area (Å²) in [6.45, 7) is 0. The SMILES string of the molecule is CNC(c1cc(F)ccc1Cl)C1CC1c1ccccc1. The maximum atomic E-state index is 13.5. The second-order valence-corrected chi connectivity index (χ2v) is 5.76. The van der Waals surface area contributed by atoms with Gasteiger partial charge in [-0.15, -0.1) is 0 Å². The standard InChI is InChI=1S/C17H17ClFN/c1-20-17(15-9-12(19)7-8-16(15)18)14-10-13(14)11-5-3-2-4-6-11/h2-9,13-14,17,20H,10H2,1H3. The van der Waals surface area contributed by atoms with Gasteiger partial charge in [-0.2, -0.15) is 0 Å². The molecule has 0 heterocycles. The monoisotopic (exact) mass is 289 g/mol. The normalized spacial score (nSPS) is 22.6. The molecular weight excluding hydrogens is 273 g/mol. The van der Waals surface area contributed by atoms with E-state index in [0.717, 1.165) is 12.0 Å². The van der Waals surface area contributed by atoms with Crippen LogP contribution >= 0.6 is 11.6 Å². The summed E-state index contributed by atoms with van der Waals surface area (Å²) in [6.07, 6.45) is 1.11. The number of rotatable bonds is 4. The molecule has 1 nitrogen and oxygen atoms in total. The van der Waals surface area contributed by atoms with Crippen molar-refractivity contribution in [1.29, 1.82) is 0 Å². The lowest BCUT2D eigenvalue weighted by atomic mass is 9.98. The summed E-state index contributed by atoms with van der Waals surface area (Å²) < 4.78 is 13.5. The first-order valence-electron chi connectivity index (χ1n) is 6.88. The van der Waals surface area contributed by atoms with E-state index in [1.54, 1.807) is 12.1 Å². The lowest BCUT2D eigenvalue weighted by Crippen LogP contribution is -2.19. The number of hydrogen-bond acceptors (Lipinski definition) is 1. The van der Waals surface area contributed by atoms with Crippen LogP contribution in [0.25, 0.3) is 0 Å². The van der Waals surface area contributed by atoms with Crippen molar-refractivity contribution in [3.8, 4) is 0 Å². The highest BCUT2D eigenvalue weighted by atomic mass is 35.5. The first-order valence-corrected chi connectivity index (χ1v) is 7.25. The number of halogens is 2. The molecule has 0 amide bonds. The van der Waals surface area contributed by atoms with Gasteiger partial charge in [-0.05, 0) is 54.6 Å². The third kappa shape index (κ3) is 2.58. The average molecular weight is 290 g/mol. The van der Waals surface area contributed by atoms with Crippen LogP contribution < -0.4 is 5.32 Å². The predicted molar refractivity (Wildman–Crippen MR) is 80.5 cm³/mol. The molecule has 0 saturated heterocycles. The Morgan fingerprint density at radius 3 is 2.65 bits per heavy atom. The summed E-state index contributed by atoms with van der Waals surface area (Å²) in [7, 11) is 1.91. The summed E-state index contributed by atoms with van der Waals surface area (Å²) in [5.41, 5.74) is 2.21. The number of nitrogens with one attached hydrogen (secondary N) is 1. The summed E-state index contributed by atoms with van der Waals surface area (Å²) in [4.78, 5) is 0. The second kappa shape index (κ2) is 5.55. The van der Waals surface area contributed by atoms with E-state index < -0.39 is 0 Å². The lowest BCUT2D eigenvalue weighted by molar-refractivity contribution is 0.513. The zero-order valence-electron chi connectivity index (χ0n) is 11.3. The van der Waals surface area contributed by atoms with Crippen molar-refractivity contribution in [3.63, 3.8) is 0 Å². The highest BCUT2D eigenvalue weighted by molar-refractivity contribution is 6.31. The van der Waals surface area contributed by atoms with E-state index >= 15 is 0 Å². The van der Waals surface area contributed by atoms with Crippen molar-refractivity contribution in [2.75, 3.05) is 7.05 Å². The molecule has 3 rings (SSSR count). The Labute approximate surface area is 123 Å². The molecule has 20 heavy (non-hydrogen) atoms. The molecule has 1 N–H and O–H groups in total. The van der Waals surface area contributed by atoms with E-state index in [9.17, 15) is 4.39 Å². The number of hydrogen-bond donors (Lipinski definition) is 1. The number of benzene rings is 2. The molecule has 3 atom stereocenters. The molecule has 1 fully saturated rings. The fourth-order valence-electron chi connectivity index (χ4n) is 3.02. The van der Waals surface area contributed by atoms with Crippen molar-refractivity contribution in [1.82, 2.24) is 5.32 Å². The largest absolute Gasteiger partial charge is 0.313 e. The smallest absolute Gasteiger partial charge is 0.123 e. The van der Waals surface area contributed by atoms with Crippen molar-refractivity contribution < 1.29 is 4.39 Å². The van der Waals surface area contributed by atoms with Gasteiger partial charge in [0.2, 0.25) is 0 Å². The van der Waals surface area contributed by atoms with Crippen molar-refractivity contribution in [2.24, 2.45) is 5.92 Å². The van der Waals surface area contributed by atoms with Gasteiger partial charge < -0.3 is 5.32 Å². The van der Waals surface area contributed by atoms with E-state index in [4.69, 9.17) is 11.6 Å². The first-order chi connectivity index (χ1) is 9.70. The molecule has 1 saturated carbocycles. The third-order valence-corrected chi connectivity index (χ3v) is 4.44. The molecule has 3 unspecified atom stereocenters. The molecule has 0 radical (unpaired) electrons. The Balaban J connectivity index is 1.84. The zero-order chi connectivity index (χ0) is 14.1. The van der Waals surface area contributed by atoms with Crippen LogP contribution in [0.5, 0.6) is 0 Å². The Kier molecular flexibility index (Phi) is 3.77. The first kappa shape index (κ1) is 13.6. The minimum absolute atomic E-state index is 0.100. The topological polar surface area (TPSA) is 12.0 Å². The summed E-state index contributed by atoms with van der Waals surface area (Å²) in [5, 5.41) is 3.93. The molecule has 1 aliphatic carbocycles. The molecular formula is C17H17ClFN. The van der Waals surface area contributed by atoms with E-state index in [-0.39, 0.29) is 11.9 Å². The van der Waals surface area contributed by atoms with Crippen molar-refractivity contribution in [2.45, 2.75) is 18.4 Å². The Bertz CT molecular complexity index is 599. The zero-order valence-corrected chi connectivity index (χ0v) is 12.1. The van der Waals surface area contributed by atoms with Crippen molar-refractivity contribution >= 4 is 11.6 Å². The van der Waals surface area contributed by atoms with Gasteiger partial charge >= 0.3 is 0 Å².